The first-order valence-electron chi connectivity index (χ1n) is 8.64. The predicted octanol–water partition coefficient (Wildman–Crippen LogP) is 2.38. The standard InChI is InChI=1S/C20H21FN2O4/c1-26-17-8-4-16(5-9-17)23-12-14(10-20(23)25)11-22-19(24)13-27-18-6-2-15(21)3-7-18/h2-9,14H,10-13H2,1H3,(H,22,24). The Morgan fingerprint density at radius 1 is 1.15 bits per heavy atom. The highest BCUT2D eigenvalue weighted by atomic mass is 19.1. The number of hydrogen-bond acceptors (Lipinski definition) is 4. The topological polar surface area (TPSA) is 67.9 Å². The number of amides is 2. The Balaban J connectivity index is 1.45. The molecule has 7 heteroatoms. The van der Waals surface area contributed by atoms with Crippen molar-refractivity contribution < 1.29 is 23.5 Å². The molecular formula is C20H21FN2O4. The van der Waals surface area contributed by atoms with Crippen LogP contribution in [-0.2, 0) is 9.59 Å². The van der Waals surface area contributed by atoms with Gasteiger partial charge in [-0.2, -0.15) is 0 Å². The summed E-state index contributed by atoms with van der Waals surface area (Å²) in [5, 5.41) is 2.78. The maximum atomic E-state index is 12.8. The third-order valence-corrected chi connectivity index (χ3v) is 4.36. The van der Waals surface area contributed by atoms with Crippen LogP contribution in [0.5, 0.6) is 11.5 Å². The van der Waals surface area contributed by atoms with E-state index in [2.05, 4.69) is 5.32 Å². The molecule has 2 aromatic carbocycles. The van der Waals surface area contributed by atoms with Crippen molar-refractivity contribution >= 4 is 17.5 Å². The van der Waals surface area contributed by atoms with Crippen LogP contribution in [0, 0.1) is 11.7 Å². The maximum absolute atomic E-state index is 12.8. The molecule has 2 aromatic rings. The van der Waals surface area contributed by atoms with E-state index >= 15 is 0 Å². The van der Waals surface area contributed by atoms with Gasteiger partial charge in [-0.15, -0.1) is 0 Å². The van der Waals surface area contributed by atoms with Gasteiger partial charge in [0.1, 0.15) is 17.3 Å². The first-order chi connectivity index (χ1) is 13.0. The summed E-state index contributed by atoms with van der Waals surface area (Å²) in [5.41, 5.74) is 0.814. The van der Waals surface area contributed by atoms with Gasteiger partial charge in [-0.05, 0) is 48.5 Å². The number of methoxy groups -OCH3 is 1. The third-order valence-electron chi connectivity index (χ3n) is 4.36. The van der Waals surface area contributed by atoms with Gasteiger partial charge in [0.05, 0.1) is 7.11 Å². The highest BCUT2D eigenvalue weighted by Gasteiger charge is 2.30. The Kier molecular flexibility index (Phi) is 5.90. The van der Waals surface area contributed by atoms with Gasteiger partial charge in [0.25, 0.3) is 5.91 Å². The largest absolute Gasteiger partial charge is 0.497 e. The number of hydrogen-bond donors (Lipinski definition) is 1. The van der Waals surface area contributed by atoms with Gasteiger partial charge >= 0.3 is 0 Å². The van der Waals surface area contributed by atoms with Gasteiger partial charge < -0.3 is 19.7 Å². The Bertz CT molecular complexity index is 793. The summed E-state index contributed by atoms with van der Waals surface area (Å²) in [6.45, 7) is 0.781. The number of carbonyl (C=O) groups is 2. The Morgan fingerprint density at radius 2 is 1.81 bits per heavy atom. The molecule has 3 rings (SSSR count). The summed E-state index contributed by atoms with van der Waals surface area (Å²) >= 11 is 0. The summed E-state index contributed by atoms with van der Waals surface area (Å²) in [4.78, 5) is 25.9. The van der Waals surface area contributed by atoms with Crippen molar-refractivity contribution in [2.75, 3.05) is 31.7 Å². The Morgan fingerprint density at radius 3 is 2.48 bits per heavy atom. The number of ether oxygens (including phenoxy) is 2. The van der Waals surface area contributed by atoms with E-state index in [1.54, 1.807) is 12.0 Å². The first-order valence-corrected chi connectivity index (χ1v) is 8.64. The summed E-state index contributed by atoms with van der Waals surface area (Å²) in [6, 6.07) is 12.8. The van der Waals surface area contributed by atoms with Crippen LogP contribution < -0.4 is 19.7 Å². The Hall–Kier alpha value is -3.09. The lowest BCUT2D eigenvalue weighted by molar-refractivity contribution is -0.123. The molecule has 0 aliphatic carbocycles. The van der Waals surface area contributed by atoms with Crippen LogP contribution in [0.15, 0.2) is 48.5 Å². The molecule has 0 radical (unpaired) electrons. The molecule has 0 spiro atoms. The molecule has 1 aliphatic rings. The number of nitrogens with one attached hydrogen (secondary N) is 1. The highest BCUT2D eigenvalue weighted by Crippen LogP contribution is 2.26. The molecule has 0 bridgehead atoms. The van der Waals surface area contributed by atoms with Gasteiger partial charge in [-0.25, -0.2) is 4.39 Å². The molecule has 6 nitrogen and oxygen atoms in total. The molecule has 1 atom stereocenters. The zero-order chi connectivity index (χ0) is 19.2. The molecule has 1 heterocycles. The lowest BCUT2D eigenvalue weighted by atomic mass is 10.1. The van der Waals surface area contributed by atoms with Crippen molar-refractivity contribution in [3.8, 4) is 11.5 Å². The minimum Gasteiger partial charge on any atom is -0.497 e. The molecule has 27 heavy (non-hydrogen) atoms. The average Bonchev–Trinajstić information content (AvgIpc) is 3.06. The van der Waals surface area contributed by atoms with Crippen LogP contribution in [0.25, 0.3) is 0 Å². The third kappa shape index (κ3) is 4.97. The number of benzene rings is 2. The average molecular weight is 372 g/mol. The van der Waals surface area contributed by atoms with E-state index in [0.29, 0.717) is 25.3 Å². The normalized spacial score (nSPS) is 16.3. The van der Waals surface area contributed by atoms with Crippen molar-refractivity contribution in [3.05, 3.63) is 54.3 Å². The summed E-state index contributed by atoms with van der Waals surface area (Å²) in [5.74, 6) is 0.578. The van der Waals surface area contributed by atoms with Crippen LogP contribution in [-0.4, -0.2) is 38.6 Å². The van der Waals surface area contributed by atoms with Crippen LogP contribution in [0.2, 0.25) is 0 Å². The van der Waals surface area contributed by atoms with Crippen molar-refractivity contribution in [1.82, 2.24) is 5.32 Å². The molecule has 1 aliphatic heterocycles. The molecule has 142 valence electrons. The van der Waals surface area contributed by atoms with E-state index in [1.807, 2.05) is 24.3 Å². The maximum Gasteiger partial charge on any atom is 0.257 e. The second-order valence-electron chi connectivity index (χ2n) is 6.32. The second-order valence-corrected chi connectivity index (χ2v) is 6.32. The minimum atomic E-state index is -0.362. The van der Waals surface area contributed by atoms with E-state index in [9.17, 15) is 14.0 Å². The van der Waals surface area contributed by atoms with E-state index < -0.39 is 0 Å². The van der Waals surface area contributed by atoms with Crippen LogP contribution in [0.1, 0.15) is 6.42 Å². The predicted molar refractivity (Wildman–Crippen MR) is 98.4 cm³/mol. The zero-order valence-corrected chi connectivity index (χ0v) is 15.0. The minimum absolute atomic E-state index is 0.0296. The number of anilines is 1. The van der Waals surface area contributed by atoms with E-state index in [-0.39, 0.29) is 30.2 Å². The molecule has 0 saturated carbocycles. The van der Waals surface area contributed by atoms with Crippen LogP contribution in [0.4, 0.5) is 10.1 Å². The number of rotatable bonds is 7. The molecule has 2 amide bonds. The van der Waals surface area contributed by atoms with Crippen molar-refractivity contribution in [2.24, 2.45) is 5.92 Å². The SMILES string of the molecule is COc1ccc(N2CC(CNC(=O)COc3ccc(F)cc3)CC2=O)cc1. The fraction of sp³-hybridized carbons (Fsp3) is 0.300. The van der Waals surface area contributed by atoms with Crippen molar-refractivity contribution in [3.63, 3.8) is 0 Å². The zero-order valence-electron chi connectivity index (χ0n) is 15.0. The van der Waals surface area contributed by atoms with Gasteiger partial charge in [0, 0.05) is 31.1 Å². The monoisotopic (exact) mass is 372 g/mol. The van der Waals surface area contributed by atoms with Gasteiger partial charge in [-0.1, -0.05) is 0 Å². The van der Waals surface area contributed by atoms with Crippen LogP contribution in [0.3, 0.4) is 0 Å². The van der Waals surface area contributed by atoms with Crippen LogP contribution >= 0.6 is 0 Å². The summed E-state index contributed by atoms with van der Waals surface area (Å²) < 4.78 is 23.3. The lowest BCUT2D eigenvalue weighted by Crippen LogP contribution is -2.34. The Labute approximate surface area is 156 Å². The molecule has 1 fully saturated rings. The smallest absolute Gasteiger partial charge is 0.257 e. The molecular weight excluding hydrogens is 351 g/mol. The van der Waals surface area contributed by atoms with E-state index in [4.69, 9.17) is 9.47 Å². The lowest BCUT2D eigenvalue weighted by Gasteiger charge is -2.17. The van der Waals surface area contributed by atoms with Crippen molar-refractivity contribution in [2.45, 2.75) is 6.42 Å². The van der Waals surface area contributed by atoms with E-state index in [0.717, 1.165) is 11.4 Å². The van der Waals surface area contributed by atoms with Gasteiger partial charge in [0.15, 0.2) is 6.61 Å². The molecule has 1 N–H and O–H groups in total. The molecule has 0 aromatic heterocycles. The van der Waals surface area contributed by atoms with Gasteiger partial charge in [0.2, 0.25) is 5.91 Å². The van der Waals surface area contributed by atoms with Crippen molar-refractivity contribution in [1.29, 1.82) is 0 Å². The second kappa shape index (κ2) is 8.53. The molecule has 1 unspecified atom stereocenters. The number of carbonyl (C=O) groups excluding carboxylic acids is 2. The van der Waals surface area contributed by atoms with E-state index in [1.165, 1.54) is 24.3 Å². The first kappa shape index (κ1) is 18.7. The highest BCUT2D eigenvalue weighted by molar-refractivity contribution is 5.95. The fourth-order valence-electron chi connectivity index (χ4n) is 2.92. The fourth-order valence-corrected chi connectivity index (χ4v) is 2.92. The molecule has 1 saturated heterocycles. The number of halogens is 1. The summed E-state index contributed by atoms with van der Waals surface area (Å²) in [7, 11) is 1.59. The van der Waals surface area contributed by atoms with Gasteiger partial charge in [-0.3, -0.25) is 9.59 Å². The summed E-state index contributed by atoms with van der Waals surface area (Å²) in [6.07, 6.45) is 0.380. The quantitative estimate of drug-likeness (QED) is 0.810. The number of nitrogens with zero attached hydrogens (tertiary/aromatic N) is 1.